The topological polar surface area (TPSA) is 46.6 Å². The number of hydrogen-bond donors (Lipinski definition) is 0. The lowest BCUT2D eigenvalue weighted by molar-refractivity contribution is -0.111. The van der Waals surface area contributed by atoms with Crippen molar-refractivity contribution in [2.24, 2.45) is 5.92 Å². The fourth-order valence-electron chi connectivity index (χ4n) is 2.27. The van der Waals surface area contributed by atoms with Crippen molar-refractivity contribution in [2.45, 2.75) is 12.8 Å². The molecule has 0 spiro atoms. The lowest BCUT2D eigenvalue weighted by Crippen LogP contribution is -2.34. The molecule has 0 atom stereocenters. The number of benzene rings is 1. The van der Waals surface area contributed by atoms with E-state index < -0.39 is 0 Å². The monoisotopic (exact) mass is 325 g/mol. The van der Waals surface area contributed by atoms with Crippen LogP contribution in [0.25, 0.3) is 0 Å². The fraction of sp³-hybridized carbons (Fsp3) is 0.429. The van der Waals surface area contributed by atoms with E-state index in [-0.39, 0.29) is 11.9 Å². The van der Waals surface area contributed by atoms with Gasteiger partial charge in [0.25, 0.3) is 0 Å². The van der Waals surface area contributed by atoms with E-state index in [1.54, 1.807) is 6.07 Å². The lowest BCUT2D eigenvalue weighted by atomic mass is 9.98. The predicted octanol–water partition coefficient (Wildman–Crippen LogP) is 2.65. The van der Waals surface area contributed by atoms with E-state index in [2.05, 4.69) is 20.8 Å². The number of nitrogens with zero attached hydrogens (tertiary/aromatic N) is 1. The summed E-state index contributed by atoms with van der Waals surface area (Å²) in [5, 5.41) is 0. The Hall–Kier alpha value is -1.36. The summed E-state index contributed by atoms with van der Waals surface area (Å²) in [6.07, 6.45) is 2.83. The van der Waals surface area contributed by atoms with Crippen molar-refractivity contribution in [3.05, 3.63) is 28.2 Å². The second kappa shape index (κ2) is 6.19. The Morgan fingerprint density at radius 3 is 2.63 bits per heavy atom. The molecule has 0 amide bonds. The number of halogens is 1. The molecule has 0 bridgehead atoms. The van der Waals surface area contributed by atoms with Crippen LogP contribution in [0.5, 0.6) is 0 Å². The van der Waals surface area contributed by atoms with Gasteiger partial charge < -0.3 is 14.4 Å². The number of aldehydes is 1. The zero-order valence-corrected chi connectivity index (χ0v) is 12.4. The molecule has 1 heterocycles. The Kier molecular flexibility index (Phi) is 4.58. The summed E-state index contributed by atoms with van der Waals surface area (Å²) in [4.78, 5) is 24.5. The average molecular weight is 326 g/mol. The first-order chi connectivity index (χ1) is 9.15. The Labute approximate surface area is 120 Å². The van der Waals surface area contributed by atoms with Crippen LogP contribution in [0.4, 0.5) is 5.69 Å². The molecule has 1 fully saturated rings. The molecule has 1 aliphatic heterocycles. The second-order valence-electron chi connectivity index (χ2n) is 4.62. The predicted molar refractivity (Wildman–Crippen MR) is 76.5 cm³/mol. The van der Waals surface area contributed by atoms with E-state index >= 15 is 0 Å². The number of ether oxygens (including phenoxy) is 1. The number of piperidine rings is 1. The third-order valence-corrected chi connectivity index (χ3v) is 4.11. The smallest absolute Gasteiger partial charge is 0.339 e. The third-order valence-electron chi connectivity index (χ3n) is 3.46. The molecule has 1 aromatic rings. The van der Waals surface area contributed by atoms with Gasteiger partial charge in [0, 0.05) is 29.2 Å². The van der Waals surface area contributed by atoms with Gasteiger partial charge in [-0.25, -0.2) is 4.79 Å². The van der Waals surface area contributed by atoms with Crippen LogP contribution in [-0.2, 0) is 9.53 Å². The van der Waals surface area contributed by atoms with Gasteiger partial charge in [-0.1, -0.05) is 0 Å². The van der Waals surface area contributed by atoms with Crippen molar-refractivity contribution in [1.29, 1.82) is 0 Å². The number of rotatable bonds is 3. The highest BCUT2D eigenvalue weighted by Gasteiger charge is 2.20. The summed E-state index contributed by atoms with van der Waals surface area (Å²) in [6.45, 7) is 1.74. The Morgan fingerprint density at radius 1 is 1.42 bits per heavy atom. The number of anilines is 1. The van der Waals surface area contributed by atoms with Crippen LogP contribution in [0.3, 0.4) is 0 Å². The lowest BCUT2D eigenvalue weighted by Gasteiger charge is -2.31. The zero-order chi connectivity index (χ0) is 13.8. The summed E-state index contributed by atoms with van der Waals surface area (Å²) in [7, 11) is 1.37. The van der Waals surface area contributed by atoms with Crippen LogP contribution >= 0.6 is 15.9 Å². The highest BCUT2D eigenvalue weighted by Crippen LogP contribution is 2.27. The summed E-state index contributed by atoms with van der Waals surface area (Å²) < 4.78 is 5.44. The molecule has 4 nitrogen and oxygen atoms in total. The second-order valence-corrected chi connectivity index (χ2v) is 5.47. The first-order valence-electron chi connectivity index (χ1n) is 6.24. The van der Waals surface area contributed by atoms with E-state index in [9.17, 15) is 9.59 Å². The molecular formula is C14H16BrNO3. The largest absolute Gasteiger partial charge is 0.465 e. The number of methoxy groups -OCH3 is 1. The van der Waals surface area contributed by atoms with Crippen molar-refractivity contribution < 1.29 is 14.3 Å². The van der Waals surface area contributed by atoms with Crippen LogP contribution in [0.1, 0.15) is 23.2 Å². The van der Waals surface area contributed by atoms with Crippen LogP contribution in [0, 0.1) is 5.92 Å². The summed E-state index contributed by atoms with van der Waals surface area (Å²) >= 11 is 3.40. The van der Waals surface area contributed by atoms with Crippen LogP contribution in [-0.4, -0.2) is 32.5 Å². The van der Waals surface area contributed by atoms with Gasteiger partial charge in [-0.15, -0.1) is 0 Å². The number of hydrogen-bond acceptors (Lipinski definition) is 4. The number of carbonyl (C=O) groups excluding carboxylic acids is 2. The molecule has 0 saturated carbocycles. The average Bonchev–Trinajstić information content (AvgIpc) is 2.46. The molecule has 1 aromatic carbocycles. The maximum Gasteiger partial charge on any atom is 0.339 e. The van der Waals surface area contributed by atoms with Gasteiger partial charge in [0.1, 0.15) is 6.29 Å². The molecule has 0 N–H and O–H groups in total. The van der Waals surface area contributed by atoms with E-state index in [4.69, 9.17) is 4.74 Å². The summed E-state index contributed by atoms with van der Waals surface area (Å²) in [5.74, 6) is -0.160. The van der Waals surface area contributed by atoms with Crippen LogP contribution < -0.4 is 4.90 Å². The van der Waals surface area contributed by atoms with E-state index in [1.807, 2.05) is 12.1 Å². The Morgan fingerprint density at radius 2 is 2.11 bits per heavy atom. The highest BCUT2D eigenvalue weighted by atomic mass is 79.9. The van der Waals surface area contributed by atoms with E-state index in [1.165, 1.54) is 7.11 Å². The van der Waals surface area contributed by atoms with Crippen molar-refractivity contribution >= 4 is 33.9 Å². The number of esters is 1. The van der Waals surface area contributed by atoms with Crippen molar-refractivity contribution in [2.75, 3.05) is 25.1 Å². The standard InChI is InChI=1S/C14H16BrNO3/c1-19-14(18)12-3-2-11(8-13(12)15)16-6-4-10(9-17)5-7-16/h2-3,8-10H,4-7H2,1H3. The van der Waals surface area contributed by atoms with Gasteiger partial charge in [0.2, 0.25) is 0 Å². The highest BCUT2D eigenvalue weighted by molar-refractivity contribution is 9.10. The molecule has 1 aliphatic rings. The van der Waals surface area contributed by atoms with Crippen LogP contribution in [0.15, 0.2) is 22.7 Å². The molecule has 102 valence electrons. The SMILES string of the molecule is COC(=O)c1ccc(N2CCC(C=O)CC2)cc1Br. The molecule has 19 heavy (non-hydrogen) atoms. The Balaban J connectivity index is 2.12. The Bertz CT molecular complexity index is 482. The van der Waals surface area contributed by atoms with Crippen LogP contribution in [0.2, 0.25) is 0 Å². The molecule has 0 radical (unpaired) electrons. The van der Waals surface area contributed by atoms with Crippen molar-refractivity contribution in [3.8, 4) is 0 Å². The molecule has 0 aliphatic carbocycles. The fourth-order valence-corrected chi connectivity index (χ4v) is 2.80. The third kappa shape index (κ3) is 3.15. The zero-order valence-electron chi connectivity index (χ0n) is 10.8. The number of carbonyl (C=O) groups is 2. The van der Waals surface area contributed by atoms with Gasteiger partial charge in [-0.3, -0.25) is 0 Å². The normalized spacial score (nSPS) is 16.2. The maximum atomic E-state index is 11.5. The molecule has 2 rings (SSSR count). The summed E-state index contributed by atoms with van der Waals surface area (Å²) in [5.41, 5.74) is 1.58. The van der Waals surface area contributed by atoms with Gasteiger partial charge in [-0.05, 0) is 47.0 Å². The minimum absolute atomic E-state index is 0.189. The van der Waals surface area contributed by atoms with Gasteiger partial charge in [-0.2, -0.15) is 0 Å². The first-order valence-corrected chi connectivity index (χ1v) is 7.03. The molecule has 1 saturated heterocycles. The van der Waals surface area contributed by atoms with E-state index in [0.29, 0.717) is 5.56 Å². The molecule has 0 unspecified atom stereocenters. The van der Waals surface area contributed by atoms with Gasteiger partial charge in [0.15, 0.2) is 0 Å². The summed E-state index contributed by atoms with van der Waals surface area (Å²) in [6, 6.07) is 5.60. The molecular weight excluding hydrogens is 310 g/mol. The first kappa shape index (κ1) is 14.1. The van der Waals surface area contributed by atoms with Gasteiger partial charge >= 0.3 is 5.97 Å². The minimum Gasteiger partial charge on any atom is -0.465 e. The van der Waals surface area contributed by atoms with Crippen molar-refractivity contribution in [3.63, 3.8) is 0 Å². The van der Waals surface area contributed by atoms with Gasteiger partial charge in [0.05, 0.1) is 12.7 Å². The van der Waals surface area contributed by atoms with Crippen molar-refractivity contribution in [1.82, 2.24) is 0 Å². The minimum atomic E-state index is -0.349. The van der Waals surface area contributed by atoms with E-state index in [0.717, 1.165) is 42.4 Å². The molecule has 5 heteroatoms. The maximum absolute atomic E-state index is 11.5. The molecule has 0 aromatic heterocycles. The quantitative estimate of drug-likeness (QED) is 0.633.